The lowest BCUT2D eigenvalue weighted by Crippen LogP contribution is -2.34. The number of hydrogen-bond acceptors (Lipinski definition) is 2. The molecule has 1 aliphatic rings. The molecule has 0 aliphatic carbocycles. The van der Waals surface area contributed by atoms with E-state index in [9.17, 15) is 4.79 Å². The molecule has 0 saturated carbocycles. The van der Waals surface area contributed by atoms with Gasteiger partial charge in [-0.05, 0) is 50.0 Å². The molecule has 2 rings (SSSR count). The van der Waals surface area contributed by atoms with Gasteiger partial charge in [0.2, 0.25) is 0 Å². The molecule has 1 amide bonds. The number of likely N-dealkylation sites (tertiary alicyclic amines) is 1. The summed E-state index contributed by atoms with van der Waals surface area (Å²) in [5.41, 5.74) is 0.680. The van der Waals surface area contributed by atoms with E-state index >= 15 is 0 Å². The first-order valence-electron chi connectivity index (χ1n) is 7.01. The van der Waals surface area contributed by atoms with Gasteiger partial charge in [0.1, 0.15) is 0 Å². The Morgan fingerprint density at radius 1 is 1.25 bits per heavy atom. The molecule has 1 unspecified atom stereocenters. The third-order valence-corrected chi connectivity index (χ3v) is 4.42. The molecular formula is C15H20Br2N2O. The highest BCUT2D eigenvalue weighted by Gasteiger charge is 2.15. The third-order valence-electron chi connectivity index (χ3n) is 3.50. The predicted octanol–water partition coefficient (Wildman–Crippen LogP) is 3.67. The van der Waals surface area contributed by atoms with E-state index in [1.165, 1.54) is 25.9 Å². The number of amides is 1. The molecule has 0 spiro atoms. The van der Waals surface area contributed by atoms with Crippen LogP contribution in [-0.4, -0.2) is 37.0 Å². The highest BCUT2D eigenvalue weighted by Crippen LogP contribution is 2.20. The summed E-state index contributed by atoms with van der Waals surface area (Å²) < 4.78 is 1.81. The molecule has 1 N–H and O–H groups in total. The van der Waals surface area contributed by atoms with Crippen molar-refractivity contribution in [3.05, 3.63) is 32.7 Å². The quantitative estimate of drug-likeness (QED) is 0.813. The zero-order valence-electron chi connectivity index (χ0n) is 11.7. The van der Waals surface area contributed by atoms with Gasteiger partial charge in [-0.1, -0.05) is 38.8 Å². The van der Waals surface area contributed by atoms with Gasteiger partial charge in [-0.25, -0.2) is 0 Å². The van der Waals surface area contributed by atoms with Gasteiger partial charge in [-0.2, -0.15) is 0 Å². The molecule has 1 aromatic carbocycles. The van der Waals surface area contributed by atoms with Crippen molar-refractivity contribution >= 4 is 37.8 Å². The Morgan fingerprint density at radius 2 is 1.85 bits per heavy atom. The van der Waals surface area contributed by atoms with Crippen molar-refractivity contribution in [1.82, 2.24) is 10.2 Å². The molecule has 1 heterocycles. The van der Waals surface area contributed by atoms with Gasteiger partial charge in [-0.15, -0.1) is 0 Å². The fourth-order valence-electron chi connectivity index (χ4n) is 2.52. The second kappa shape index (κ2) is 7.57. The van der Waals surface area contributed by atoms with Gasteiger partial charge in [0, 0.05) is 27.6 Å². The number of nitrogens with one attached hydrogen (secondary N) is 1. The van der Waals surface area contributed by atoms with E-state index in [1.807, 2.05) is 18.2 Å². The van der Waals surface area contributed by atoms with Gasteiger partial charge in [0.15, 0.2) is 0 Å². The van der Waals surface area contributed by atoms with Crippen LogP contribution in [0.5, 0.6) is 0 Å². The molecule has 3 nitrogen and oxygen atoms in total. The molecule has 1 atom stereocenters. The van der Waals surface area contributed by atoms with Crippen molar-refractivity contribution in [3.63, 3.8) is 0 Å². The zero-order chi connectivity index (χ0) is 14.5. The fourth-order valence-corrected chi connectivity index (χ4v) is 3.82. The van der Waals surface area contributed by atoms with E-state index in [0.29, 0.717) is 11.5 Å². The lowest BCUT2D eigenvalue weighted by Gasteiger charge is -2.20. The summed E-state index contributed by atoms with van der Waals surface area (Å²) in [5.74, 6) is 0.466. The molecule has 1 aromatic rings. The van der Waals surface area contributed by atoms with Crippen LogP contribution < -0.4 is 5.32 Å². The summed E-state index contributed by atoms with van der Waals surface area (Å²) in [7, 11) is 0. The summed E-state index contributed by atoms with van der Waals surface area (Å²) >= 11 is 6.81. The molecule has 5 heteroatoms. The van der Waals surface area contributed by atoms with Crippen LogP contribution in [0.1, 0.15) is 30.1 Å². The molecule has 0 aromatic heterocycles. The molecule has 0 bridgehead atoms. The van der Waals surface area contributed by atoms with Crippen LogP contribution in [0.2, 0.25) is 0 Å². The van der Waals surface area contributed by atoms with E-state index in [1.54, 1.807) is 0 Å². The van der Waals surface area contributed by atoms with Crippen molar-refractivity contribution in [2.45, 2.75) is 19.8 Å². The summed E-state index contributed by atoms with van der Waals surface area (Å²) in [6, 6.07) is 5.60. The van der Waals surface area contributed by atoms with Crippen LogP contribution in [0.25, 0.3) is 0 Å². The number of benzene rings is 1. The van der Waals surface area contributed by atoms with Gasteiger partial charge in [0.05, 0.1) is 0 Å². The SMILES string of the molecule is CC(CNC(=O)c1cc(Br)cc(Br)c1)CN1CCCC1. The van der Waals surface area contributed by atoms with E-state index in [2.05, 4.69) is 49.0 Å². The number of hydrogen-bond donors (Lipinski definition) is 1. The van der Waals surface area contributed by atoms with E-state index < -0.39 is 0 Å². The van der Waals surface area contributed by atoms with Crippen LogP contribution >= 0.6 is 31.9 Å². The average Bonchev–Trinajstić information content (AvgIpc) is 2.87. The maximum Gasteiger partial charge on any atom is 0.251 e. The number of nitrogens with zero attached hydrogens (tertiary/aromatic N) is 1. The Morgan fingerprint density at radius 3 is 2.45 bits per heavy atom. The summed E-state index contributed by atoms with van der Waals surface area (Å²) in [6.07, 6.45) is 2.62. The van der Waals surface area contributed by atoms with Crippen LogP contribution in [0, 0.1) is 5.92 Å². The van der Waals surface area contributed by atoms with Gasteiger partial charge < -0.3 is 10.2 Å². The Labute approximate surface area is 137 Å². The Balaban J connectivity index is 1.81. The zero-order valence-corrected chi connectivity index (χ0v) is 14.8. The molecule has 20 heavy (non-hydrogen) atoms. The highest BCUT2D eigenvalue weighted by atomic mass is 79.9. The molecule has 1 fully saturated rings. The third kappa shape index (κ3) is 4.86. The molecule has 1 saturated heterocycles. The average molecular weight is 404 g/mol. The minimum absolute atomic E-state index is 0.0136. The number of carbonyl (C=O) groups excluding carboxylic acids is 1. The van der Waals surface area contributed by atoms with Crippen LogP contribution in [-0.2, 0) is 0 Å². The molecule has 110 valence electrons. The van der Waals surface area contributed by atoms with Crippen molar-refractivity contribution in [1.29, 1.82) is 0 Å². The number of halogens is 2. The van der Waals surface area contributed by atoms with Gasteiger partial charge in [0.25, 0.3) is 5.91 Å². The summed E-state index contributed by atoms with van der Waals surface area (Å²) in [6.45, 7) is 6.39. The smallest absolute Gasteiger partial charge is 0.251 e. The van der Waals surface area contributed by atoms with Crippen molar-refractivity contribution in [2.75, 3.05) is 26.2 Å². The molecule has 1 aliphatic heterocycles. The topological polar surface area (TPSA) is 32.3 Å². The normalized spacial score (nSPS) is 17.1. The minimum atomic E-state index is -0.0136. The minimum Gasteiger partial charge on any atom is -0.352 e. The molecular weight excluding hydrogens is 384 g/mol. The lowest BCUT2D eigenvalue weighted by atomic mass is 10.1. The Bertz CT molecular complexity index is 453. The second-order valence-corrected chi connectivity index (χ2v) is 7.31. The lowest BCUT2D eigenvalue weighted by molar-refractivity contribution is 0.0945. The maximum absolute atomic E-state index is 12.1. The number of carbonyl (C=O) groups is 1. The van der Waals surface area contributed by atoms with Crippen LogP contribution in [0.4, 0.5) is 0 Å². The first-order valence-corrected chi connectivity index (χ1v) is 8.60. The Kier molecular flexibility index (Phi) is 6.05. The highest BCUT2D eigenvalue weighted by molar-refractivity contribution is 9.11. The fraction of sp³-hybridized carbons (Fsp3) is 0.533. The first kappa shape index (κ1) is 16.0. The summed E-state index contributed by atoms with van der Waals surface area (Å²) in [4.78, 5) is 14.6. The van der Waals surface area contributed by atoms with Crippen molar-refractivity contribution in [3.8, 4) is 0 Å². The van der Waals surface area contributed by atoms with Crippen LogP contribution in [0.15, 0.2) is 27.1 Å². The Hall–Kier alpha value is -0.390. The van der Waals surface area contributed by atoms with E-state index in [0.717, 1.165) is 22.0 Å². The predicted molar refractivity (Wildman–Crippen MR) is 89.0 cm³/mol. The van der Waals surface area contributed by atoms with Crippen molar-refractivity contribution < 1.29 is 4.79 Å². The van der Waals surface area contributed by atoms with Gasteiger partial charge in [-0.3, -0.25) is 4.79 Å². The second-order valence-electron chi connectivity index (χ2n) is 5.48. The van der Waals surface area contributed by atoms with Gasteiger partial charge >= 0.3 is 0 Å². The molecule has 0 radical (unpaired) electrons. The van der Waals surface area contributed by atoms with E-state index in [-0.39, 0.29) is 5.91 Å². The number of rotatable bonds is 5. The first-order chi connectivity index (χ1) is 9.54. The largest absolute Gasteiger partial charge is 0.352 e. The van der Waals surface area contributed by atoms with Crippen molar-refractivity contribution in [2.24, 2.45) is 5.92 Å². The van der Waals surface area contributed by atoms with Crippen LogP contribution in [0.3, 0.4) is 0 Å². The monoisotopic (exact) mass is 402 g/mol. The van der Waals surface area contributed by atoms with E-state index in [4.69, 9.17) is 0 Å². The maximum atomic E-state index is 12.1. The summed E-state index contributed by atoms with van der Waals surface area (Å²) in [5, 5.41) is 3.02. The standard InChI is InChI=1S/C15H20Br2N2O/c1-11(10-19-4-2-3-5-19)9-18-15(20)12-6-13(16)8-14(17)7-12/h6-8,11H,2-5,9-10H2,1H3,(H,18,20).